The van der Waals surface area contributed by atoms with Crippen molar-refractivity contribution in [3.05, 3.63) is 34.9 Å². The van der Waals surface area contributed by atoms with Crippen LogP contribution in [0.25, 0.3) is 0 Å². The lowest BCUT2D eigenvalue weighted by Gasteiger charge is -2.05. The van der Waals surface area contributed by atoms with E-state index in [0.717, 1.165) is 26.3 Å². The molecule has 0 unspecified atom stereocenters. The molecule has 0 rings (SSSR count). The summed E-state index contributed by atoms with van der Waals surface area (Å²) >= 11 is 10.1. The smallest absolute Gasteiger partial charge is 0.0297 e. The minimum atomic E-state index is 0.796. The topological polar surface area (TPSA) is 0 Å². The predicted octanol–water partition coefficient (Wildman–Crippen LogP) is 4.17. The molecule has 0 saturated carbocycles. The van der Waals surface area contributed by atoms with Crippen molar-refractivity contribution in [3.8, 4) is 0 Å². The number of alkyl halides is 2. The summed E-state index contributed by atoms with van der Waals surface area (Å²) in [5.74, 6) is 0. The minimum absolute atomic E-state index is 0.796. The Hall–Kier alpha value is 0.660. The summed E-state index contributed by atoms with van der Waals surface area (Å²) in [5.41, 5.74) is 2.31. The Bertz CT molecular complexity index is 192. The number of hydrogen-bond acceptors (Lipinski definition) is 0. The van der Waals surface area contributed by atoms with E-state index in [4.69, 9.17) is 0 Å². The average molecular weight is 345 g/mol. The number of halogens is 3. The maximum Gasteiger partial charge on any atom is 0.0297 e. The molecule has 0 saturated heterocycles. The summed E-state index contributed by atoms with van der Waals surface area (Å²) in [7, 11) is 0. The molecule has 0 N–H and O–H groups in total. The van der Waals surface area contributed by atoms with E-state index in [1.807, 2.05) is 6.08 Å². The van der Waals surface area contributed by atoms with Gasteiger partial charge in [0, 0.05) is 15.1 Å². The lowest BCUT2D eigenvalue weighted by Crippen LogP contribution is -1.91. The number of hydrogen-bond donors (Lipinski definition) is 0. The van der Waals surface area contributed by atoms with Gasteiger partial charge >= 0.3 is 0 Å². The molecular formula is C8H9Br3. The quantitative estimate of drug-likeness (QED) is 0.530. The van der Waals surface area contributed by atoms with Crippen molar-refractivity contribution in [3.63, 3.8) is 0 Å². The zero-order chi connectivity index (χ0) is 8.85. The van der Waals surface area contributed by atoms with E-state index in [9.17, 15) is 0 Å². The molecular weight excluding hydrogens is 336 g/mol. The molecule has 62 valence electrons. The predicted molar refractivity (Wildman–Crippen MR) is 62.9 cm³/mol. The van der Waals surface area contributed by atoms with Crippen LogP contribution in [0.15, 0.2) is 34.9 Å². The monoisotopic (exact) mass is 342 g/mol. The SMILES string of the molecule is C=C/C(CBr)=C(/CBr)C(=C)Br. The molecule has 0 fully saturated rings. The van der Waals surface area contributed by atoms with E-state index in [0.29, 0.717) is 0 Å². The Labute approximate surface area is 92.8 Å². The molecule has 0 nitrogen and oxygen atoms in total. The zero-order valence-electron chi connectivity index (χ0n) is 6.04. The summed E-state index contributed by atoms with van der Waals surface area (Å²) < 4.78 is 0.906. The highest BCUT2D eigenvalue weighted by atomic mass is 79.9. The summed E-state index contributed by atoms with van der Waals surface area (Å²) in [4.78, 5) is 0. The van der Waals surface area contributed by atoms with E-state index in [-0.39, 0.29) is 0 Å². The Morgan fingerprint density at radius 3 is 1.91 bits per heavy atom. The molecule has 0 aliphatic rings. The van der Waals surface area contributed by atoms with E-state index in [2.05, 4.69) is 60.9 Å². The van der Waals surface area contributed by atoms with Crippen molar-refractivity contribution in [1.82, 2.24) is 0 Å². The Kier molecular flexibility index (Phi) is 6.58. The van der Waals surface area contributed by atoms with Crippen LogP contribution in [0.4, 0.5) is 0 Å². The van der Waals surface area contributed by atoms with Crippen LogP contribution in [-0.4, -0.2) is 10.7 Å². The molecule has 0 aromatic heterocycles. The molecule has 0 aromatic rings. The maximum atomic E-state index is 3.80. The van der Waals surface area contributed by atoms with Crippen molar-refractivity contribution in [2.75, 3.05) is 10.7 Å². The maximum absolute atomic E-state index is 3.80. The normalized spacial score (nSPS) is 12.3. The number of rotatable bonds is 4. The van der Waals surface area contributed by atoms with Gasteiger partial charge in [0.05, 0.1) is 0 Å². The summed E-state index contributed by atoms with van der Waals surface area (Å²) in [6.07, 6.45) is 1.83. The first kappa shape index (κ1) is 11.7. The highest BCUT2D eigenvalue weighted by molar-refractivity contribution is 9.12. The first-order chi connectivity index (χ1) is 5.17. The molecule has 0 bridgehead atoms. The summed E-state index contributed by atoms with van der Waals surface area (Å²) in [6, 6.07) is 0. The van der Waals surface area contributed by atoms with Crippen LogP contribution in [0, 0.1) is 0 Å². The largest absolute Gasteiger partial charge is 0.0988 e. The van der Waals surface area contributed by atoms with E-state index in [1.54, 1.807) is 0 Å². The molecule has 11 heavy (non-hydrogen) atoms. The first-order valence-electron chi connectivity index (χ1n) is 2.98. The Morgan fingerprint density at radius 1 is 1.27 bits per heavy atom. The fourth-order valence-electron chi connectivity index (χ4n) is 0.591. The van der Waals surface area contributed by atoms with Gasteiger partial charge in [0.15, 0.2) is 0 Å². The second-order valence-corrected chi connectivity index (χ2v) is 3.96. The Balaban J connectivity index is 4.76. The molecule has 0 amide bonds. The van der Waals surface area contributed by atoms with Crippen molar-refractivity contribution >= 4 is 47.8 Å². The highest BCUT2D eigenvalue weighted by Crippen LogP contribution is 2.22. The third-order valence-corrected chi connectivity index (χ3v) is 2.88. The van der Waals surface area contributed by atoms with Gasteiger partial charge in [-0.1, -0.05) is 67.0 Å². The van der Waals surface area contributed by atoms with Gasteiger partial charge in [-0.3, -0.25) is 0 Å². The summed E-state index contributed by atoms with van der Waals surface area (Å²) in [6.45, 7) is 7.52. The molecule has 0 aliphatic carbocycles. The van der Waals surface area contributed by atoms with Crippen LogP contribution >= 0.6 is 47.8 Å². The van der Waals surface area contributed by atoms with E-state index in [1.165, 1.54) is 0 Å². The molecule has 0 radical (unpaired) electrons. The molecule has 3 heteroatoms. The van der Waals surface area contributed by atoms with Gasteiger partial charge in [-0.25, -0.2) is 0 Å². The van der Waals surface area contributed by atoms with Gasteiger partial charge in [-0.05, 0) is 11.1 Å². The van der Waals surface area contributed by atoms with E-state index >= 15 is 0 Å². The first-order valence-corrected chi connectivity index (χ1v) is 6.02. The lowest BCUT2D eigenvalue weighted by molar-refractivity contribution is 1.42. The van der Waals surface area contributed by atoms with E-state index < -0.39 is 0 Å². The highest BCUT2D eigenvalue weighted by Gasteiger charge is 2.02. The van der Waals surface area contributed by atoms with Gasteiger partial charge in [0.2, 0.25) is 0 Å². The van der Waals surface area contributed by atoms with Gasteiger partial charge < -0.3 is 0 Å². The van der Waals surface area contributed by atoms with Crippen molar-refractivity contribution in [2.24, 2.45) is 0 Å². The van der Waals surface area contributed by atoms with Crippen LogP contribution in [-0.2, 0) is 0 Å². The fourth-order valence-corrected chi connectivity index (χ4v) is 2.63. The minimum Gasteiger partial charge on any atom is -0.0988 e. The molecule has 0 heterocycles. The zero-order valence-corrected chi connectivity index (χ0v) is 10.8. The van der Waals surface area contributed by atoms with Crippen LogP contribution in [0.3, 0.4) is 0 Å². The summed E-state index contributed by atoms with van der Waals surface area (Å²) in [5, 5.41) is 1.60. The third-order valence-electron chi connectivity index (χ3n) is 1.24. The second kappa shape index (κ2) is 6.21. The van der Waals surface area contributed by atoms with Crippen LogP contribution < -0.4 is 0 Å². The molecule has 0 spiro atoms. The fraction of sp³-hybridized carbons (Fsp3) is 0.250. The van der Waals surface area contributed by atoms with Crippen LogP contribution in [0.5, 0.6) is 0 Å². The number of allylic oxidation sites excluding steroid dienone is 4. The average Bonchev–Trinajstić information content (AvgIpc) is 1.99. The van der Waals surface area contributed by atoms with Crippen LogP contribution in [0.2, 0.25) is 0 Å². The third kappa shape index (κ3) is 3.72. The van der Waals surface area contributed by atoms with Gasteiger partial charge in [0.1, 0.15) is 0 Å². The second-order valence-electron chi connectivity index (χ2n) is 1.88. The van der Waals surface area contributed by atoms with Crippen LogP contribution in [0.1, 0.15) is 0 Å². The van der Waals surface area contributed by atoms with Gasteiger partial charge in [-0.15, -0.1) is 0 Å². The van der Waals surface area contributed by atoms with Crippen molar-refractivity contribution < 1.29 is 0 Å². The molecule has 0 atom stereocenters. The van der Waals surface area contributed by atoms with Crippen molar-refractivity contribution in [1.29, 1.82) is 0 Å². The lowest BCUT2D eigenvalue weighted by atomic mass is 10.1. The standard InChI is InChI=1S/C8H9Br3/c1-3-7(4-9)8(5-10)6(2)11/h3H,1-2,4-5H2/b8-7+. The molecule has 0 aromatic carbocycles. The van der Waals surface area contributed by atoms with Crippen molar-refractivity contribution in [2.45, 2.75) is 0 Å². The molecule has 0 aliphatic heterocycles. The van der Waals surface area contributed by atoms with Gasteiger partial charge in [0.25, 0.3) is 0 Å². The Morgan fingerprint density at radius 2 is 1.82 bits per heavy atom. The van der Waals surface area contributed by atoms with Gasteiger partial charge in [-0.2, -0.15) is 0 Å².